The van der Waals surface area contributed by atoms with E-state index in [1.807, 2.05) is 26.0 Å². The molecule has 0 amide bonds. The number of nitrogens with one attached hydrogen (secondary N) is 1. The van der Waals surface area contributed by atoms with Gasteiger partial charge in [0.15, 0.2) is 0 Å². The molecule has 0 aliphatic carbocycles. The van der Waals surface area contributed by atoms with Gasteiger partial charge in [0.2, 0.25) is 15.8 Å². The van der Waals surface area contributed by atoms with E-state index in [9.17, 15) is 8.42 Å². The summed E-state index contributed by atoms with van der Waals surface area (Å²) in [6.07, 6.45) is 0. The molecular weight excluding hydrogens is 352 g/mol. The normalized spacial score (nSPS) is 11.9. The van der Waals surface area contributed by atoms with Crippen LogP contribution in [-0.2, 0) is 10.0 Å². The maximum absolute atomic E-state index is 12.3. The molecule has 3 aromatic rings. The van der Waals surface area contributed by atoms with Crippen molar-refractivity contribution in [1.29, 1.82) is 0 Å². The van der Waals surface area contributed by atoms with Crippen LogP contribution in [0.3, 0.4) is 0 Å². The van der Waals surface area contributed by atoms with Crippen molar-refractivity contribution >= 4 is 10.0 Å². The van der Waals surface area contributed by atoms with Gasteiger partial charge in [0.1, 0.15) is 5.69 Å². The smallest absolute Gasteiger partial charge is 0.258 e. The maximum Gasteiger partial charge on any atom is 0.258 e. The molecule has 0 saturated carbocycles. The predicted molar refractivity (Wildman–Crippen MR) is 97.9 cm³/mol. The zero-order valence-corrected chi connectivity index (χ0v) is 15.8. The van der Waals surface area contributed by atoms with Gasteiger partial charge in [-0.3, -0.25) is 0 Å². The summed E-state index contributed by atoms with van der Waals surface area (Å²) in [5.41, 5.74) is 3.10. The van der Waals surface area contributed by atoms with Crippen LogP contribution in [0.25, 0.3) is 23.0 Å². The van der Waals surface area contributed by atoms with Crippen molar-refractivity contribution in [1.82, 2.24) is 19.8 Å². The fraction of sp³-hybridized carbons (Fsp3) is 0.278. The monoisotopic (exact) mass is 372 g/mol. The van der Waals surface area contributed by atoms with Crippen LogP contribution in [0.2, 0.25) is 0 Å². The largest absolute Gasteiger partial charge is 0.334 e. The second-order valence-electron chi connectivity index (χ2n) is 6.33. The quantitative estimate of drug-likeness (QED) is 0.739. The molecule has 0 aliphatic heterocycles. The lowest BCUT2D eigenvalue weighted by Gasteiger charge is -2.09. The number of sulfonamides is 1. The Bertz CT molecular complexity index is 1040. The summed E-state index contributed by atoms with van der Waals surface area (Å²) in [5.74, 6) is 0.596. The molecule has 0 atom stereocenters. The summed E-state index contributed by atoms with van der Waals surface area (Å²) in [6, 6.07) is 9.96. The average Bonchev–Trinajstić information content (AvgIpc) is 3.06. The minimum atomic E-state index is -3.60. The number of rotatable bonds is 5. The first-order valence-corrected chi connectivity index (χ1v) is 9.65. The number of pyridine rings is 1. The lowest BCUT2D eigenvalue weighted by molar-refractivity contribution is 0.432. The second kappa shape index (κ2) is 6.97. The van der Waals surface area contributed by atoms with E-state index in [1.54, 1.807) is 26.0 Å². The Hall–Kier alpha value is -2.58. The summed E-state index contributed by atoms with van der Waals surface area (Å²) < 4.78 is 32.5. The van der Waals surface area contributed by atoms with Crippen molar-refractivity contribution in [3.8, 4) is 23.0 Å². The highest BCUT2D eigenvalue weighted by Gasteiger charge is 2.18. The third-order valence-electron chi connectivity index (χ3n) is 3.79. The SMILES string of the molecule is Cc1ccc(-c2noc(-c3cccc(S(=O)(=O)NC(C)C)c3)n2)nc1C. The third-order valence-corrected chi connectivity index (χ3v) is 5.44. The first kappa shape index (κ1) is 18.2. The lowest BCUT2D eigenvalue weighted by atomic mass is 10.2. The number of nitrogens with zero attached hydrogens (tertiary/aromatic N) is 3. The minimum Gasteiger partial charge on any atom is -0.334 e. The van der Waals surface area contributed by atoms with Gasteiger partial charge in [0.05, 0.1) is 4.90 Å². The molecule has 2 heterocycles. The Kier molecular flexibility index (Phi) is 4.88. The molecule has 7 nitrogen and oxygen atoms in total. The first-order valence-electron chi connectivity index (χ1n) is 8.17. The first-order chi connectivity index (χ1) is 12.3. The molecule has 1 aromatic carbocycles. The van der Waals surface area contributed by atoms with Crippen LogP contribution in [0.5, 0.6) is 0 Å². The molecule has 0 radical (unpaired) electrons. The van der Waals surface area contributed by atoms with Gasteiger partial charge in [-0.15, -0.1) is 0 Å². The van der Waals surface area contributed by atoms with Crippen molar-refractivity contribution < 1.29 is 12.9 Å². The molecule has 3 rings (SSSR count). The van der Waals surface area contributed by atoms with Crippen LogP contribution in [0.4, 0.5) is 0 Å². The van der Waals surface area contributed by atoms with E-state index in [0.29, 0.717) is 17.1 Å². The molecule has 136 valence electrons. The highest BCUT2D eigenvalue weighted by atomic mass is 32.2. The van der Waals surface area contributed by atoms with Gasteiger partial charge in [0.25, 0.3) is 5.89 Å². The number of benzene rings is 1. The highest BCUT2D eigenvalue weighted by molar-refractivity contribution is 7.89. The van der Waals surface area contributed by atoms with Gasteiger partial charge in [-0.1, -0.05) is 17.3 Å². The van der Waals surface area contributed by atoms with Crippen molar-refractivity contribution in [2.45, 2.75) is 38.6 Å². The molecule has 0 spiro atoms. The Labute approximate surface area is 152 Å². The summed E-state index contributed by atoms with van der Waals surface area (Å²) in [6.45, 7) is 7.42. The summed E-state index contributed by atoms with van der Waals surface area (Å²) in [4.78, 5) is 8.94. The van der Waals surface area contributed by atoms with Crippen LogP contribution in [0, 0.1) is 13.8 Å². The summed E-state index contributed by atoms with van der Waals surface area (Å²) >= 11 is 0. The third kappa shape index (κ3) is 3.81. The fourth-order valence-corrected chi connectivity index (χ4v) is 3.67. The molecule has 1 N–H and O–H groups in total. The Morgan fingerprint density at radius 3 is 2.54 bits per heavy atom. The van der Waals surface area contributed by atoms with Crippen LogP contribution in [0.1, 0.15) is 25.1 Å². The predicted octanol–water partition coefficient (Wildman–Crippen LogP) is 3.10. The van der Waals surface area contributed by atoms with E-state index in [1.165, 1.54) is 12.1 Å². The van der Waals surface area contributed by atoms with E-state index >= 15 is 0 Å². The fourth-order valence-electron chi connectivity index (χ4n) is 2.37. The number of hydrogen-bond donors (Lipinski definition) is 1. The molecule has 26 heavy (non-hydrogen) atoms. The van der Waals surface area contributed by atoms with Gasteiger partial charge in [-0.25, -0.2) is 18.1 Å². The number of hydrogen-bond acceptors (Lipinski definition) is 6. The molecule has 0 bridgehead atoms. The molecule has 8 heteroatoms. The Morgan fingerprint density at radius 2 is 1.85 bits per heavy atom. The van der Waals surface area contributed by atoms with Gasteiger partial charge >= 0.3 is 0 Å². The molecule has 0 aliphatic rings. The van der Waals surface area contributed by atoms with Crippen LogP contribution >= 0.6 is 0 Å². The van der Waals surface area contributed by atoms with E-state index in [2.05, 4.69) is 19.8 Å². The van der Waals surface area contributed by atoms with Gasteiger partial charge in [0, 0.05) is 17.3 Å². The molecular formula is C18H20N4O3S. The zero-order chi connectivity index (χ0) is 18.9. The van der Waals surface area contributed by atoms with Gasteiger partial charge in [-0.05, 0) is 57.5 Å². The van der Waals surface area contributed by atoms with E-state index in [-0.39, 0.29) is 16.8 Å². The van der Waals surface area contributed by atoms with E-state index < -0.39 is 10.0 Å². The van der Waals surface area contributed by atoms with Crippen molar-refractivity contribution in [2.75, 3.05) is 0 Å². The zero-order valence-electron chi connectivity index (χ0n) is 15.0. The maximum atomic E-state index is 12.3. The van der Waals surface area contributed by atoms with Crippen molar-refractivity contribution in [3.63, 3.8) is 0 Å². The van der Waals surface area contributed by atoms with Crippen LogP contribution in [0.15, 0.2) is 45.8 Å². The van der Waals surface area contributed by atoms with Crippen LogP contribution in [-0.4, -0.2) is 29.6 Å². The molecule has 0 fully saturated rings. The molecule has 0 unspecified atom stereocenters. The number of aryl methyl sites for hydroxylation is 2. The average molecular weight is 372 g/mol. The van der Waals surface area contributed by atoms with Crippen LogP contribution < -0.4 is 4.72 Å². The van der Waals surface area contributed by atoms with Gasteiger partial charge < -0.3 is 4.52 Å². The Balaban J connectivity index is 1.95. The van der Waals surface area contributed by atoms with Crippen molar-refractivity contribution in [2.24, 2.45) is 0 Å². The van der Waals surface area contributed by atoms with Gasteiger partial charge in [-0.2, -0.15) is 4.98 Å². The highest BCUT2D eigenvalue weighted by Crippen LogP contribution is 2.24. The Morgan fingerprint density at radius 1 is 1.08 bits per heavy atom. The lowest BCUT2D eigenvalue weighted by Crippen LogP contribution is -2.30. The number of aromatic nitrogens is 3. The summed E-state index contributed by atoms with van der Waals surface area (Å²) in [7, 11) is -3.60. The summed E-state index contributed by atoms with van der Waals surface area (Å²) in [5, 5.41) is 3.96. The topological polar surface area (TPSA) is 98.0 Å². The van der Waals surface area contributed by atoms with Crippen molar-refractivity contribution in [3.05, 3.63) is 47.7 Å². The molecule has 2 aromatic heterocycles. The minimum absolute atomic E-state index is 0.146. The molecule has 0 saturated heterocycles. The standard InChI is InChI=1S/C18H20N4O3S/c1-11(2)22-26(23,24)15-7-5-6-14(10-15)18-20-17(21-25-18)16-9-8-12(3)13(4)19-16/h5-11,22H,1-4H3. The van der Waals surface area contributed by atoms with E-state index in [4.69, 9.17) is 4.52 Å². The van der Waals surface area contributed by atoms with E-state index in [0.717, 1.165) is 11.3 Å². The second-order valence-corrected chi connectivity index (χ2v) is 8.04.